The predicted octanol–water partition coefficient (Wildman–Crippen LogP) is 3.32. The molecule has 3 aromatic rings. The molecule has 2 unspecified atom stereocenters. The van der Waals surface area contributed by atoms with Gasteiger partial charge in [-0.15, -0.1) is 11.8 Å². The van der Waals surface area contributed by atoms with Gasteiger partial charge in [-0.25, -0.2) is 4.98 Å². The molecule has 29 heavy (non-hydrogen) atoms. The monoisotopic (exact) mass is 411 g/mol. The first kappa shape index (κ1) is 19.3. The van der Waals surface area contributed by atoms with Gasteiger partial charge in [-0.2, -0.15) is 5.10 Å². The lowest BCUT2D eigenvalue weighted by Gasteiger charge is -2.23. The Morgan fingerprint density at radius 1 is 1.34 bits per heavy atom. The van der Waals surface area contributed by atoms with Gasteiger partial charge in [0.2, 0.25) is 5.88 Å². The van der Waals surface area contributed by atoms with Crippen LogP contribution in [0.5, 0.6) is 5.88 Å². The zero-order chi connectivity index (χ0) is 20.5. The molecule has 4 rings (SSSR count). The van der Waals surface area contributed by atoms with Crippen molar-refractivity contribution in [3.05, 3.63) is 42.2 Å². The van der Waals surface area contributed by atoms with Crippen molar-refractivity contribution in [3.8, 4) is 17.0 Å². The van der Waals surface area contributed by atoms with Crippen LogP contribution in [0, 0.1) is 0 Å². The summed E-state index contributed by atoms with van der Waals surface area (Å²) < 4.78 is 5.25. The molecule has 8 nitrogen and oxygen atoms in total. The van der Waals surface area contributed by atoms with Gasteiger partial charge in [0, 0.05) is 23.3 Å². The highest BCUT2D eigenvalue weighted by molar-refractivity contribution is 8.03. The van der Waals surface area contributed by atoms with Crippen LogP contribution in [0.25, 0.3) is 22.0 Å². The number of aromatic nitrogens is 3. The standard InChI is InChI=1S/C20H21N5O3S/c1-11(26)19(27)23-17-7-14(9-21-20(17)28-3)13-6-16-15(10-22-24-16)18(8-13)25-4-5-29-12(25)2/h4-12,26H,1-3H3,(H,22,24)(H,23,27). The number of hydrogen-bond donors (Lipinski definition) is 3. The Morgan fingerprint density at radius 2 is 2.17 bits per heavy atom. The number of nitrogens with one attached hydrogen (secondary N) is 2. The quantitative estimate of drug-likeness (QED) is 0.592. The number of amides is 1. The maximum atomic E-state index is 12.0. The Balaban J connectivity index is 1.80. The highest BCUT2D eigenvalue weighted by Crippen LogP contribution is 2.38. The smallest absolute Gasteiger partial charge is 0.253 e. The SMILES string of the molecule is COc1ncc(-c2cc(N3C=CSC3C)c3cn[nH]c3c2)cc1NC(=O)C(C)O. The van der Waals surface area contributed by atoms with E-state index in [1.54, 1.807) is 24.0 Å². The lowest BCUT2D eigenvalue weighted by Crippen LogP contribution is -2.24. The molecule has 0 bridgehead atoms. The first-order valence-electron chi connectivity index (χ1n) is 9.09. The third-order valence-corrected chi connectivity index (χ3v) is 5.62. The van der Waals surface area contributed by atoms with E-state index in [9.17, 15) is 9.90 Å². The summed E-state index contributed by atoms with van der Waals surface area (Å²) in [4.78, 5) is 18.5. The molecule has 3 heterocycles. The number of nitrogens with zero attached hydrogens (tertiary/aromatic N) is 3. The van der Waals surface area contributed by atoms with Crippen molar-refractivity contribution in [3.63, 3.8) is 0 Å². The van der Waals surface area contributed by atoms with Gasteiger partial charge in [-0.1, -0.05) is 0 Å². The van der Waals surface area contributed by atoms with Crippen LogP contribution in [-0.2, 0) is 4.79 Å². The van der Waals surface area contributed by atoms with Crippen molar-refractivity contribution in [2.75, 3.05) is 17.3 Å². The Hall–Kier alpha value is -3.04. The normalized spacial score (nSPS) is 17.0. The Bertz CT molecular complexity index is 1090. The van der Waals surface area contributed by atoms with Gasteiger partial charge in [0.05, 0.1) is 29.9 Å². The average molecular weight is 411 g/mol. The van der Waals surface area contributed by atoms with E-state index >= 15 is 0 Å². The number of benzene rings is 1. The van der Waals surface area contributed by atoms with Gasteiger partial charge in [-0.05, 0) is 43.0 Å². The molecule has 0 saturated heterocycles. The number of aliphatic hydroxyl groups excluding tert-OH is 1. The third kappa shape index (κ3) is 3.66. The summed E-state index contributed by atoms with van der Waals surface area (Å²) in [6.45, 7) is 3.54. The molecule has 0 aliphatic carbocycles. The van der Waals surface area contributed by atoms with E-state index in [1.165, 1.54) is 14.0 Å². The van der Waals surface area contributed by atoms with E-state index in [2.05, 4.69) is 50.0 Å². The summed E-state index contributed by atoms with van der Waals surface area (Å²) in [5.74, 6) is -0.252. The molecule has 1 aliphatic rings. The van der Waals surface area contributed by atoms with Crippen LogP contribution in [0.3, 0.4) is 0 Å². The number of ether oxygens (including phenoxy) is 1. The van der Waals surface area contributed by atoms with E-state index in [-0.39, 0.29) is 11.3 Å². The van der Waals surface area contributed by atoms with Gasteiger partial charge in [0.25, 0.3) is 5.91 Å². The fraction of sp³-hybridized carbons (Fsp3) is 0.250. The minimum Gasteiger partial charge on any atom is -0.480 e. The molecule has 3 N–H and O–H groups in total. The maximum absolute atomic E-state index is 12.0. The Labute approximate surface area is 172 Å². The number of hydrogen-bond acceptors (Lipinski definition) is 7. The second-order valence-corrected chi connectivity index (χ2v) is 7.93. The molecule has 1 aromatic carbocycles. The number of rotatable bonds is 5. The predicted molar refractivity (Wildman–Crippen MR) is 115 cm³/mol. The van der Waals surface area contributed by atoms with Crippen LogP contribution < -0.4 is 15.0 Å². The van der Waals surface area contributed by atoms with Crippen molar-refractivity contribution in [2.24, 2.45) is 0 Å². The summed E-state index contributed by atoms with van der Waals surface area (Å²) >= 11 is 1.74. The highest BCUT2D eigenvalue weighted by atomic mass is 32.2. The van der Waals surface area contributed by atoms with Crippen molar-refractivity contribution < 1.29 is 14.6 Å². The summed E-state index contributed by atoms with van der Waals surface area (Å²) in [7, 11) is 1.48. The van der Waals surface area contributed by atoms with Crippen molar-refractivity contribution in [1.29, 1.82) is 0 Å². The molecule has 1 amide bonds. The number of pyridine rings is 1. The van der Waals surface area contributed by atoms with Gasteiger partial charge in [-0.3, -0.25) is 9.89 Å². The molecule has 150 valence electrons. The lowest BCUT2D eigenvalue weighted by atomic mass is 10.0. The molecular weight excluding hydrogens is 390 g/mol. The maximum Gasteiger partial charge on any atom is 0.253 e. The third-order valence-electron chi connectivity index (χ3n) is 4.72. The van der Waals surface area contributed by atoms with Gasteiger partial charge in [0.1, 0.15) is 11.8 Å². The highest BCUT2D eigenvalue weighted by Gasteiger charge is 2.21. The van der Waals surface area contributed by atoms with E-state index in [4.69, 9.17) is 4.74 Å². The number of carbonyl (C=O) groups excluding carboxylic acids is 1. The van der Waals surface area contributed by atoms with E-state index in [0.717, 1.165) is 27.7 Å². The minimum atomic E-state index is -1.14. The molecule has 9 heteroatoms. The summed E-state index contributed by atoms with van der Waals surface area (Å²) in [6, 6.07) is 5.85. The van der Waals surface area contributed by atoms with Crippen LogP contribution in [0.2, 0.25) is 0 Å². The molecule has 0 spiro atoms. The van der Waals surface area contributed by atoms with Crippen LogP contribution in [0.15, 0.2) is 42.2 Å². The summed E-state index contributed by atoms with van der Waals surface area (Å²) in [6.07, 6.45) is 4.42. The topological polar surface area (TPSA) is 103 Å². The molecule has 0 fully saturated rings. The fourth-order valence-corrected chi connectivity index (χ4v) is 3.93. The lowest BCUT2D eigenvalue weighted by molar-refractivity contribution is -0.123. The van der Waals surface area contributed by atoms with Crippen molar-refractivity contribution >= 4 is 39.9 Å². The van der Waals surface area contributed by atoms with Crippen molar-refractivity contribution in [1.82, 2.24) is 15.2 Å². The zero-order valence-corrected chi connectivity index (χ0v) is 17.0. The van der Waals surface area contributed by atoms with E-state index in [1.807, 2.05) is 12.3 Å². The van der Waals surface area contributed by atoms with E-state index in [0.29, 0.717) is 5.69 Å². The largest absolute Gasteiger partial charge is 0.480 e. The number of carbonyl (C=O) groups is 1. The summed E-state index contributed by atoms with van der Waals surface area (Å²) in [5, 5.41) is 22.8. The van der Waals surface area contributed by atoms with Crippen LogP contribution in [-0.4, -0.2) is 44.8 Å². The molecular formula is C20H21N5O3S. The molecule has 0 saturated carbocycles. The Kier molecular flexibility index (Phi) is 5.16. The van der Waals surface area contributed by atoms with Crippen LogP contribution in [0.4, 0.5) is 11.4 Å². The molecule has 2 atom stereocenters. The van der Waals surface area contributed by atoms with Crippen LogP contribution >= 0.6 is 11.8 Å². The van der Waals surface area contributed by atoms with E-state index < -0.39 is 12.0 Å². The number of thioether (sulfide) groups is 1. The molecule has 2 aromatic heterocycles. The number of fused-ring (bicyclic) bond motifs is 1. The summed E-state index contributed by atoms with van der Waals surface area (Å²) in [5.41, 5.74) is 4.04. The Morgan fingerprint density at radius 3 is 2.86 bits per heavy atom. The molecule has 0 radical (unpaired) electrons. The van der Waals surface area contributed by atoms with Crippen molar-refractivity contribution in [2.45, 2.75) is 25.3 Å². The average Bonchev–Trinajstić information content (AvgIpc) is 3.35. The van der Waals surface area contributed by atoms with Gasteiger partial charge >= 0.3 is 0 Å². The second-order valence-electron chi connectivity index (χ2n) is 6.70. The first-order valence-corrected chi connectivity index (χ1v) is 10.0. The molecule has 1 aliphatic heterocycles. The van der Waals surface area contributed by atoms with Gasteiger partial charge in [0.15, 0.2) is 0 Å². The number of methoxy groups -OCH3 is 1. The van der Waals surface area contributed by atoms with Gasteiger partial charge < -0.3 is 20.1 Å². The fourth-order valence-electron chi connectivity index (χ4n) is 3.19. The zero-order valence-electron chi connectivity index (χ0n) is 16.2. The number of aliphatic hydroxyl groups is 1. The number of aromatic amines is 1. The number of anilines is 2. The minimum absolute atomic E-state index is 0.276. The van der Waals surface area contributed by atoms with Crippen LogP contribution in [0.1, 0.15) is 13.8 Å². The first-order chi connectivity index (χ1) is 14.0. The number of H-pyrrole nitrogens is 1. The second kappa shape index (κ2) is 7.76.